The maximum absolute atomic E-state index is 11.0. The number of amides is 1. The molecule has 0 bridgehead atoms. The topological polar surface area (TPSA) is 81.6 Å². The van der Waals surface area contributed by atoms with Gasteiger partial charge in [-0.05, 0) is 42.6 Å². The maximum atomic E-state index is 11.0. The quantitative estimate of drug-likeness (QED) is 0.517. The van der Waals surface area contributed by atoms with Gasteiger partial charge in [0.15, 0.2) is 0 Å². The molecule has 0 saturated carbocycles. The van der Waals surface area contributed by atoms with Crippen molar-refractivity contribution in [1.29, 1.82) is 0 Å². The van der Waals surface area contributed by atoms with Gasteiger partial charge in [0.1, 0.15) is 0 Å². The molecule has 25 heavy (non-hydrogen) atoms. The van der Waals surface area contributed by atoms with Crippen molar-refractivity contribution < 1.29 is 15.0 Å². The Kier molecular flexibility index (Phi) is 7.73. The molecule has 0 aliphatic rings. The van der Waals surface area contributed by atoms with Gasteiger partial charge in [0.2, 0.25) is 0 Å². The zero-order valence-corrected chi connectivity index (χ0v) is 14.6. The number of aliphatic hydroxyl groups excluding tert-OH is 1. The molecule has 5 nitrogen and oxygen atoms in total. The summed E-state index contributed by atoms with van der Waals surface area (Å²) in [5.74, 6) is 0. The smallest absolute Gasteiger partial charge is 0.404 e. The molecule has 0 aliphatic carbocycles. The zero-order chi connectivity index (χ0) is 18.1. The van der Waals surface area contributed by atoms with Crippen LogP contribution in [-0.4, -0.2) is 41.5 Å². The Morgan fingerprint density at radius 1 is 1.08 bits per heavy atom. The Bertz CT molecular complexity index is 667. The summed E-state index contributed by atoms with van der Waals surface area (Å²) in [5.41, 5.74) is 2.08. The van der Waals surface area contributed by atoms with Crippen LogP contribution in [0.25, 0.3) is 0 Å². The summed E-state index contributed by atoms with van der Waals surface area (Å²) in [7, 11) is 0. The lowest BCUT2D eigenvalue weighted by molar-refractivity contribution is 0.118. The van der Waals surface area contributed by atoms with Gasteiger partial charge in [-0.2, -0.15) is 0 Å². The highest BCUT2D eigenvalue weighted by Gasteiger charge is 2.21. The molecule has 0 fully saturated rings. The van der Waals surface area contributed by atoms with Crippen LogP contribution in [0.4, 0.5) is 4.79 Å². The van der Waals surface area contributed by atoms with Gasteiger partial charge in [-0.3, -0.25) is 0 Å². The molecule has 2 aromatic rings. The fraction of sp³-hybridized carbons (Fsp3) is 0.316. The van der Waals surface area contributed by atoms with E-state index < -0.39 is 18.2 Å². The number of rotatable bonds is 9. The maximum Gasteiger partial charge on any atom is 0.404 e. The summed E-state index contributed by atoms with van der Waals surface area (Å²) < 4.78 is 0. The highest BCUT2D eigenvalue weighted by molar-refractivity contribution is 6.30. The lowest BCUT2D eigenvalue weighted by Crippen LogP contribution is -2.48. The normalized spacial score (nSPS) is 13.2. The third kappa shape index (κ3) is 7.13. The number of aliphatic hydroxyl groups is 1. The van der Waals surface area contributed by atoms with Crippen molar-refractivity contribution in [3.05, 3.63) is 70.7 Å². The predicted molar refractivity (Wildman–Crippen MR) is 99.1 cm³/mol. The molecule has 4 N–H and O–H groups in total. The van der Waals surface area contributed by atoms with Crippen molar-refractivity contribution in [2.45, 2.75) is 25.0 Å². The molecule has 0 spiro atoms. The molecular weight excluding hydrogens is 340 g/mol. The van der Waals surface area contributed by atoms with E-state index in [0.717, 1.165) is 17.5 Å². The summed E-state index contributed by atoms with van der Waals surface area (Å²) in [6, 6.07) is 16.6. The van der Waals surface area contributed by atoms with Crippen LogP contribution in [0, 0.1) is 0 Å². The van der Waals surface area contributed by atoms with Gasteiger partial charge in [-0.15, -0.1) is 0 Å². The predicted octanol–water partition coefficient (Wildman–Crippen LogP) is 2.71. The molecule has 0 unspecified atom stereocenters. The van der Waals surface area contributed by atoms with Crippen molar-refractivity contribution >= 4 is 17.7 Å². The summed E-state index contributed by atoms with van der Waals surface area (Å²) in [6.45, 7) is 0.973. The van der Waals surface area contributed by atoms with Crippen LogP contribution in [-0.2, 0) is 12.8 Å². The largest absolute Gasteiger partial charge is 0.465 e. The van der Waals surface area contributed by atoms with E-state index in [4.69, 9.17) is 16.7 Å². The molecule has 0 saturated heterocycles. The lowest BCUT2D eigenvalue weighted by Gasteiger charge is -2.23. The average molecular weight is 363 g/mol. The first-order valence-electron chi connectivity index (χ1n) is 8.21. The van der Waals surface area contributed by atoms with E-state index in [2.05, 4.69) is 10.6 Å². The van der Waals surface area contributed by atoms with Crippen molar-refractivity contribution in [3.63, 3.8) is 0 Å². The molecule has 6 heteroatoms. The van der Waals surface area contributed by atoms with Crippen LogP contribution in [0.5, 0.6) is 0 Å². The minimum Gasteiger partial charge on any atom is -0.465 e. The second-order valence-corrected chi connectivity index (χ2v) is 6.33. The van der Waals surface area contributed by atoms with Crippen molar-refractivity contribution in [1.82, 2.24) is 10.6 Å². The van der Waals surface area contributed by atoms with E-state index in [1.165, 1.54) is 0 Å². The summed E-state index contributed by atoms with van der Waals surface area (Å²) in [5, 5.41) is 25.6. The van der Waals surface area contributed by atoms with Gasteiger partial charge in [-0.1, -0.05) is 54.1 Å². The zero-order valence-electron chi connectivity index (χ0n) is 13.9. The Morgan fingerprint density at radius 3 is 2.48 bits per heavy atom. The van der Waals surface area contributed by atoms with Gasteiger partial charge >= 0.3 is 6.09 Å². The van der Waals surface area contributed by atoms with Gasteiger partial charge < -0.3 is 20.8 Å². The van der Waals surface area contributed by atoms with Crippen LogP contribution in [0.2, 0.25) is 5.02 Å². The first-order chi connectivity index (χ1) is 12.0. The van der Waals surface area contributed by atoms with Gasteiger partial charge in [0.25, 0.3) is 0 Å². The summed E-state index contributed by atoms with van der Waals surface area (Å²) in [4.78, 5) is 11.0. The SMILES string of the molecule is O=C(O)N[C@@H](Cc1ccccc1)[C@H](O)CNCCc1cccc(Cl)c1. The lowest BCUT2D eigenvalue weighted by atomic mass is 10.0. The van der Waals surface area contributed by atoms with Crippen LogP contribution in [0.3, 0.4) is 0 Å². The third-order valence-electron chi connectivity index (χ3n) is 3.90. The van der Waals surface area contributed by atoms with Crippen LogP contribution >= 0.6 is 11.6 Å². The second-order valence-electron chi connectivity index (χ2n) is 5.90. The number of halogens is 1. The minimum atomic E-state index is -1.14. The number of hydrogen-bond acceptors (Lipinski definition) is 3. The van der Waals surface area contributed by atoms with Crippen molar-refractivity contribution in [3.8, 4) is 0 Å². The monoisotopic (exact) mass is 362 g/mol. The molecule has 0 aromatic heterocycles. The first kappa shape index (κ1) is 19.2. The van der Waals surface area contributed by atoms with Gasteiger partial charge in [-0.25, -0.2) is 4.79 Å². The van der Waals surface area contributed by atoms with Crippen molar-refractivity contribution in [2.24, 2.45) is 0 Å². The molecular formula is C19H23ClN2O3. The Hall–Kier alpha value is -2.08. The van der Waals surface area contributed by atoms with E-state index in [1.807, 2.05) is 54.6 Å². The summed E-state index contributed by atoms with van der Waals surface area (Å²) >= 11 is 5.95. The molecule has 1 amide bonds. The molecule has 0 aliphatic heterocycles. The molecule has 2 rings (SSSR count). The minimum absolute atomic E-state index is 0.304. The van der Waals surface area contributed by atoms with E-state index in [1.54, 1.807) is 0 Å². The highest BCUT2D eigenvalue weighted by atomic mass is 35.5. The third-order valence-corrected chi connectivity index (χ3v) is 4.14. The number of carboxylic acid groups (broad SMARTS) is 1. The van der Waals surface area contributed by atoms with E-state index in [0.29, 0.717) is 24.5 Å². The number of nitrogens with one attached hydrogen (secondary N) is 2. The van der Waals surface area contributed by atoms with Crippen LogP contribution < -0.4 is 10.6 Å². The standard InChI is InChI=1S/C19H23ClN2O3/c20-16-8-4-7-15(11-16)9-10-21-13-18(23)17(22-19(24)25)12-14-5-2-1-3-6-14/h1-8,11,17-18,21-23H,9-10,12-13H2,(H,24,25)/t17-,18+/m0/s1. The molecule has 134 valence electrons. The van der Waals surface area contributed by atoms with E-state index in [-0.39, 0.29) is 0 Å². The van der Waals surface area contributed by atoms with Gasteiger partial charge in [0, 0.05) is 11.6 Å². The van der Waals surface area contributed by atoms with Crippen LogP contribution in [0.15, 0.2) is 54.6 Å². The van der Waals surface area contributed by atoms with Gasteiger partial charge in [0.05, 0.1) is 12.1 Å². The first-order valence-corrected chi connectivity index (χ1v) is 8.59. The molecule has 0 radical (unpaired) electrons. The molecule has 0 heterocycles. The number of carbonyl (C=O) groups is 1. The average Bonchev–Trinajstić information content (AvgIpc) is 2.58. The number of hydrogen-bond donors (Lipinski definition) is 4. The Morgan fingerprint density at radius 2 is 1.80 bits per heavy atom. The van der Waals surface area contributed by atoms with E-state index in [9.17, 15) is 9.90 Å². The highest BCUT2D eigenvalue weighted by Crippen LogP contribution is 2.11. The fourth-order valence-electron chi connectivity index (χ4n) is 2.63. The summed E-state index contributed by atoms with van der Waals surface area (Å²) in [6.07, 6.45) is -0.748. The molecule has 2 atom stereocenters. The Balaban J connectivity index is 1.82. The fourth-order valence-corrected chi connectivity index (χ4v) is 2.84. The number of benzene rings is 2. The Labute approximate surface area is 152 Å². The second kappa shape index (κ2) is 10.0. The van der Waals surface area contributed by atoms with E-state index >= 15 is 0 Å². The molecule has 2 aromatic carbocycles. The van der Waals surface area contributed by atoms with Crippen molar-refractivity contribution in [2.75, 3.05) is 13.1 Å². The van der Waals surface area contributed by atoms with Crippen LogP contribution in [0.1, 0.15) is 11.1 Å².